The van der Waals surface area contributed by atoms with Crippen LogP contribution in [-0.2, 0) is 6.54 Å². The first-order valence-electron chi connectivity index (χ1n) is 7.57. The molecule has 0 radical (unpaired) electrons. The van der Waals surface area contributed by atoms with E-state index in [2.05, 4.69) is 48.0 Å². The molecule has 0 aliphatic carbocycles. The Morgan fingerprint density at radius 1 is 1.05 bits per heavy atom. The minimum atomic E-state index is 0.980. The van der Waals surface area contributed by atoms with Gasteiger partial charge in [-0.25, -0.2) is 4.98 Å². The molecule has 1 aliphatic rings. The van der Waals surface area contributed by atoms with Crippen molar-refractivity contribution < 1.29 is 0 Å². The Balaban J connectivity index is 1.78. The van der Waals surface area contributed by atoms with E-state index >= 15 is 0 Å². The third-order valence-electron chi connectivity index (χ3n) is 4.13. The van der Waals surface area contributed by atoms with Crippen LogP contribution < -0.4 is 0 Å². The number of rotatable bonds is 3. The lowest BCUT2D eigenvalue weighted by molar-refractivity contribution is 0.218. The Hall–Kier alpha value is -1.61. The molecule has 3 nitrogen and oxygen atoms in total. The van der Waals surface area contributed by atoms with Gasteiger partial charge in [-0.15, -0.1) is 0 Å². The topological polar surface area (TPSA) is 31.9 Å². The van der Waals surface area contributed by atoms with Crippen molar-refractivity contribution in [2.45, 2.75) is 39.7 Å². The van der Waals surface area contributed by atoms with Gasteiger partial charge in [-0.1, -0.05) is 36.2 Å². The Labute approximate surface area is 121 Å². The average molecular weight is 269 g/mol. The standard InChI is InChI=1S/C17H23N3/c1-13-6-8-15(9-7-13)17-18-14(2)16(19-17)12-20-10-4-3-5-11-20/h6-9H,3-5,10-12H2,1-2H3,(H,18,19). The zero-order valence-corrected chi connectivity index (χ0v) is 12.4. The number of nitrogens with zero attached hydrogens (tertiary/aromatic N) is 2. The van der Waals surface area contributed by atoms with Gasteiger partial charge in [0.05, 0.1) is 5.69 Å². The van der Waals surface area contributed by atoms with Gasteiger partial charge in [0.25, 0.3) is 0 Å². The molecule has 0 unspecified atom stereocenters. The van der Waals surface area contributed by atoms with Crippen LogP contribution in [0.1, 0.15) is 36.2 Å². The molecule has 3 heteroatoms. The molecule has 0 spiro atoms. The van der Waals surface area contributed by atoms with Gasteiger partial charge in [0, 0.05) is 17.8 Å². The van der Waals surface area contributed by atoms with Crippen LogP contribution >= 0.6 is 0 Å². The summed E-state index contributed by atoms with van der Waals surface area (Å²) in [7, 11) is 0. The van der Waals surface area contributed by atoms with Crippen molar-refractivity contribution in [2.75, 3.05) is 13.1 Å². The molecule has 3 rings (SSSR count). The second kappa shape index (κ2) is 5.80. The molecule has 2 aromatic rings. The minimum absolute atomic E-state index is 0.980. The number of imidazole rings is 1. The Bertz CT molecular complexity index is 562. The van der Waals surface area contributed by atoms with Crippen molar-refractivity contribution in [3.8, 4) is 11.4 Å². The zero-order valence-electron chi connectivity index (χ0n) is 12.4. The fourth-order valence-corrected chi connectivity index (χ4v) is 2.83. The number of benzene rings is 1. The quantitative estimate of drug-likeness (QED) is 0.921. The summed E-state index contributed by atoms with van der Waals surface area (Å²) in [5.74, 6) is 0.995. The minimum Gasteiger partial charge on any atom is -0.342 e. The van der Waals surface area contributed by atoms with E-state index in [0.29, 0.717) is 0 Å². The number of nitrogens with one attached hydrogen (secondary N) is 1. The van der Waals surface area contributed by atoms with Gasteiger partial charge < -0.3 is 4.98 Å². The van der Waals surface area contributed by atoms with Gasteiger partial charge in [0.2, 0.25) is 0 Å². The monoisotopic (exact) mass is 269 g/mol. The van der Waals surface area contributed by atoms with Crippen molar-refractivity contribution in [3.05, 3.63) is 41.2 Å². The van der Waals surface area contributed by atoms with Gasteiger partial charge in [0.1, 0.15) is 5.82 Å². The van der Waals surface area contributed by atoms with E-state index in [9.17, 15) is 0 Å². The highest BCUT2D eigenvalue weighted by Crippen LogP contribution is 2.20. The summed E-state index contributed by atoms with van der Waals surface area (Å²) < 4.78 is 0. The van der Waals surface area contributed by atoms with Gasteiger partial charge in [-0.05, 0) is 39.8 Å². The summed E-state index contributed by atoms with van der Waals surface area (Å²) >= 11 is 0. The molecule has 0 atom stereocenters. The van der Waals surface area contributed by atoms with Crippen LogP contribution in [0.3, 0.4) is 0 Å². The number of likely N-dealkylation sites (tertiary alicyclic amines) is 1. The SMILES string of the molecule is Cc1ccc(-c2nc(CN3CCCCC3)c(C)[nH]2)cc1. The average Bonchev–Trinajstić information content (AvgIpc) is 2.82. The van der Waals surface area contributed by atoms with Crippen LogP contribution in [0.4, 0.5) is 0 Å². The fourth-order valence-electron chi connectivity index (χ4n) is 2.83. The molecular weight excluding hydrogens is 246 g/mol. The predicted octanol–water partition coefficient (Wildman–Crippen LogP) is 3.68. The molecule has 0 saturated carbocycles. The maximum absolute atomic E-state index is 4.81. The predicted molar refractivity (Wildman–Crippen MR) is 82.6 cm³/mol. The molecule has 106 valence electrons. The maximum Gasteiger partial charge on any atom is 0.137 e. The van der Waals surface area contributed by atoms with Crippen LogP contribution in [0.25, 0.3) is 11.4 Å². The summed E-state index contributed by atoms with van der Waals surface area (Å²) in [6, 6.07) is 8.55. The van der Waals surface area contributed by atoms with Crippen molar-refractivity contribution >= 4 is 0 Å². The van der Waals surface area contributed by atoms with Crippen LogP contribution in [-0.4, -0.2) is 28.0 Å². The van der Waals surface area contributed by atoms with Crippen molar-refractivity contribution in [3.63, 3.8) is 0 Å². The van der Waals surface area contributed by atoms with Crippen molar-refractivity contribution in [1.82, 2.24) is 14.9 Å². The first kappa shape index (κ1) is 13.4. The van der Waals surface area contributed by atoms with Crippen LogP contribution in [0.15, 0.2) is 24.3 Å². The lowest BCUT2D eigenvalue weighted by atomic mass is 10.1. The second-order valence-electron chi connectivity index (χ2n) is 5.86. The van der Waals surface area contributed by atoms with Crippen molar-refractivity contribution in [1.29, 1.82) is 0 Å². The molecule has 20 heavy (non-hydrogen) atoms. The molecule has 1 aliphatic heterocycles. The van der Waals surface area contributed by atoms with E-state index in [-0.39, 0.29) is 0 Å². The van der Waals surface area contributed by atoms with Crippen LogP contribution in [0, 0.1) is 13.8 Å². The smallest absolute Gasteiger partial charge is 0.137 e. The molecule has 1 aromatic heterocycles. The summed E-state index contributed by atoms with van der Waals surface area (Å²) in [5.41, 5.74) is 4.85. The van der Waals surface area contributed by atoms with Crippen molar-refractivity contribution in [2.24, 2.45) is 0 Å². The van der Waals surface area contributed by atoms with Gasteiger partial charge in [-0.3, -0.25) is 4.90 Å². The first-order valence-corrected chi connectivity index (χ1v) is 7.57. The highest BCUT2D eigenvalue weighted by molar-refractivity contribution is 5.56. The van der Waals surface area contributed by atoms with Gasteiger partial charge >= 0.3 is 0 Å². The summed E-state index contributed by atoms with van der Waals surface area (Å²) in [6.07, 6.45) is 4.03. The third kappa shape index (κ3) is 2.93. The summed E-state index contributed by atoms with van der Waals surface area (Å²) in [5, 5.41) is 0. The number of aromatic amines is 1. The Morgan fingerprint density at radius 2 is 1.75 bits per heavy atom. The van der Waals surface area contributed by atoms with E-state index in [4.69, 9.17) is 4.98 Å². The first-order chi connectivity index (χ1) is 9.72. The van der Waals surface area contributed by atoms with Crippen LogP contribution in [0.2, 0.25) is 0 Å². The molecule has 1 saturated heterocycles. The highest BCUT2D eigenvalue weighted by Gasteiger charge is 2.14. The molecular formula is C17H23N3. The van der Waals surface area contributed by atoms with E-state index < -0.39 is 0 Å². The largest absolute Gasteiger partial charge is 0.342 e. The van der Waals surface area contributed by atoms with Gasteiger partial charge in [0.15, 0.2) is 0 Å². The van der Waals surface area contributed by atoms with E-state index in [0.717, 1.165) is 12.4 Å². The number of hydrogen-bond donors (Lipinski definition) is 1. The number of aromatic nitrogens is 2. The molecule has 1 aromatic carbocycles. The lowest BCUT2D eigenvalue weighted by Crippen LogP contribution is -2.29. The molecule has 0 bridgehead atoms. The number of piperidine rings is 1. The number of hydrogen-bond acceptors (Lipinski definition) is 2. The van der Waals surface area contributed by atoms with E-state index in [1.165, 1.54) is 54.9 Å². The fraction of sp³-hybridized carbons (Fsp3) is 0.471. The molecule has 1 fully saturated rings. The van der Waals surface area contributed by atoms with E-state index in [1.54, 1.807) is 0 Å². The second-order valence-corrected chi connectivity index (χ2v) is 5.86. The van der Waals surface area contributed by atoms with E-state index in [1.807, 2.05) is 0 Å². The zero-order chi connectivity index (χ0) is 13.9. The Kier molecular flexibility index (Phi) is 3.88. The Morgan fingerprint density at radius 3 is 2.45 bits per heavy atom. The highest BCUT2D eigenvalue weighted by atomic mass is 15.1. The summed E-state index contributed by atoms with van der Waals surface area (Å²) in [6.45, 7) is 7.65. The molecule has 1 N–H and O–H groups in total. The maximum atomic E-state index is 4.81. The molecule has 0 amide bonds. The normalized spacial score (nSPS) is 16.5. The molecule has 2 heterocycles. The number of H-pyrrole nitrogens is 1. The van der Waals surface area contributed by atoms with Gasteiger partial charge in [-0.2, -0.15) is 0 Å². The van der Waals surface area contributed by atoms with Crippen LogP contribution in [0.5, 0.6) is 0 Å². The third-order valence-corrected chi connectivity index (χ3v) is 4.13. The lowest BCUT2D eigenvalue weighted by Gasteiger charge is -2.25. The summed E-state index contributed by atoms with van der Waals surface area (Å²) in [4.78, 5) is 10.8. The number of aryl methyl sites for hydroxylation is 2.